The zero-order chi connectivity index (χ0) is 25.6. The summed E-state index contributed by atoms with van der Waals surface area (Å²) in [5.74, 6) is 0.135. The molecule has 1 aromatic heterocycles. The Morgan fingerprint density at radius 1 is 1.00 bits per heavy atom. The highest BCUT2D eigenvalue weighted by molar-refractivity contribution is 8.01. The Morgan fingerprint density at radius 2 is 1.81 bits per heavy atom. The molecule has 0 fully saturated rings. The highest BCUT2D eigenvalue weighted by atomic mass is 32.2. The number of hydrazone groups is 1. The topological polar surface area (TPSA) is 89.9 Å². The van der Waals surface area contributed by atoms with Crippen LogP contribution in [-0.2, 0) is 4.79 Å². The molecule has 0 radical (unpaired) electrons. The van der Waals surface area contributed by atoms with E-state index in [1.165, 1.54) is 25.1 Å². The molecular weight excluding hydrogens is 506 g/mol. The van der Waals surface area contributed by atoms with E-state index in [0.717, 1.165) is 25.3 Å². The Balaban J connectivity index is 1.19. The number of aromatic nitrogens is 1. The number of nitrogens with one attached hydrogen (secondary N) is 1. The molecule has 0 spiro atoms. The van der Waals surface area contributed by atoms with E-state index in [9.17, 15) is 9.59 Å². The number of ether oxygens (including phenoxy) is 2. The molecule has 1 amide bonds. The average Bonchev–Trinajstić information content (AvgIpc) is 3.35. The second-order valence-electron chi connectivity index (χ2n) is 7.86. The van der Waals surface area contributed by atoms with Gasteiger partial charge in [-0.15, -0.1) is 11.3 Å². The molecule has 1 heterocycles. The second kappa shape index (κ2) is 11.2. The number of para-hydroxylation sites is 1. The highest BCUT2D eigenvalue weighted by Gasteiger charge is 2.15. The highest BCUT2D eigenvalue weighted by Crippen LogP contribution is 2.30. The molecule has 0 bridgehead atoms. The quantitative estimate of drug-likeness (QED) is 0.0886. The van der Waals surface area contributed by atoms with Gasteiger partial charge in [-0.25, -0.2) is 15.2 Å². The third-order valence-corrected chi connectivity index (χ3v) is 7.58. The van der Waals surface area contributed by atoms with Gasteiger partial charge in [-0.1, -0.05) is 60.3 Å². The van der Waals surface area contributed by atoms with Crippen LogP contribution in [0.1, 0.15) is 15.9 Å². The van der Waals surface area contributed by atoms with Crippen LogP contribution in [0.2, 0.25) is 0 Å². The van der Waals surface area contributed by atoms with Gasteiger partial charge in [-0.3, -0.25) is 4.79 Å². The molecule has 1 N–H and O–H groups in total. The first kappa shape index (κ1) is 24.5. The summed E-state index contributed by atoms with van der Waals surface area (Å²) < 4.78 is 13.0. The number of thioether (sulfide) groups is 1. The SMILES string of the molecule is COc1cc(/C=N\NC(=O)CSc2nc3ccccc3s2)ccc1OC(=O)c1cccc2ccccc12. The molecule has 0 atom stereocenters. The first-order chi connectivity index (χ1) is 18.1. The summed E-state index contributed by atoms with van der Waals surface area (Å²) in [4.78, 5) is 29.6. The van der Waals surface area contributed by atoms with Crippen LogP contribution < -0.4 is 14.9 Å². The minimum absolute atomic E-state index is 0.198. The van der Waals surface area contributed by atoms with Crippen molar-refractivity contribution in [3.05, 3.63) is 96.1 Å². The van der Waals surface area contributed by atoms with E-state index < -0.39 is 5.97 Å². The van der Waals surface area contributed by atoms with Crippen molar-refractivity contribution >= 4 is 62.2 Å². The maximum absolute atomic E-state index is 12.9. The molecule has 5 rings (SSSR count). The summed E-state index contributed by atoms with van der Waals surface area (Å²) in [6, 6.07) is 26.0. The van der Waals surface area contributed by atoms with Crippen LogP contribution in [0.4, 0.5) is 0 Å². The van der Waals surface area contributed by atoms with Crippen molar-refractivity contribution in [1.82, 2.24) is 10.4 Å². The standard InChI is InChI=1S/C28H21N3O4S2/c1-34-24-15-18(16-29-31-26(32)17-36-28-30-22-11-4-5-12-25(22)37-28)13-14-23(24)35-27(33)21-10-6-8-19-7-2-3-9-20(19)21/h2-16H,17H2,1H3,(H,31,32)/b29-16-. The van der Waals surface area contributed by atoms with E-state index in [1.807, 2.05) is 60.7 Å². The van der Waals surface area contributed by atoms with Crippen LogP contribution in [0.25, 0.3) is 21.0 Å². The number of amides is 1. The van der Waals surface area contributed by atoms with Crippen molar-refractivity contribution in [2.24, 2.45) is 5.10 Å². The maximum Gasteiger partial charge on any atom is 0.344 e. The third-order valence-electron chi connectivity index (χ3n) is 5.40. The van der Waals surface area contributed by atoms with Gasteiger partial charge in [0.1, 0.15) is 0 Å². The predicted molar refractivity (Wildman–Crippen MR) is 148 cm³/mol. The third kappa shape index (κ3) is 5.79. The lowest BCUT2D eigenvalue weighted by Crippen LogP contribution is -2.19. The number of rotatable bonds is 8. The lowest BCUT2D eigenvalue weighted by molar-refractivity contribution is -0.118. The summed E-state index contributed by atoms with van der Waals surface area (Å²) in [5.41, 5.74) is 4.58. The van der Waals surface area contributed by atoms with Crippen LogP contribution in [-0.4, -0.2) is 35.9 Å². The van der Waals surface area contributed by atoms with Gasteiger partial charge >= 0.3 is 5.97 Å². The van der Waals surface area contributed by atoms with Gasteiger partial charge in [-0.2, -0.15) is 5.10 Å². The molecule has 4 aromatic carbocycles. The number of benzene rings is 4. The van der Waals surface area contributed by atoms with Crippen LogP contribution >= 0.6 is 23.1 Å². The molecular formula is C28H21N3O4S2. The van der Waals surface area contributed by atoms with Crippen LogP contribution in [0, 0.1) is 0 Å². The Kier molecular flexibility index (Phi) is 7.43. The zero-order valence-electron chi connectivity index (χ0n) is 19.7. The van der Waals surface area contributed by atoms with Crippen molar-refractivity contribution in [2.45, 2.75) is 4.34 Å². The second-order valence-corrected chi connectivity index (χ2v) is 10.1. The molecule has 0 aliphatic heterocycles. The summed E-state index contributed by atoms with van der Waals surface area (Å²) in [5, 5.41) is 5.80. The molecule has 9 heteroatoms. The van der Waals surface area contributed by atoms with Crippen molar-refractivity contribution in [2.75, 3.05) is 12.9 Å². The fourth-order valence-electron chi connectivity index (χ4n) is 3.66. The molecule has 37 heavy (non-hydrogen) atoms. The van der Waals surface area contributed by atoms with Crippen LogP contribution in [0.3, 0.4) is 0 Å². The minimum Gasteiger partial charge on any atom is -0.493 e. The number of carbonyl (C=O) groups excluding carboxylic acids is 2. The number of carbonyl (C=O) groups is 2. The summed E-state index contributed by atoms with van der Waals surface area (Å²) in [6.07, 6.45) is 1.50. The number of esters is 1. The average molecular weight is 528 g/mol. The lowest BCUT2D eigenvalue weighted by atomic mass is 10.0. The Labute approximate surface area is 221 Å². The molecule has 0 saturated heterocycles. The van der Waals surface area contributed by atoms with E-state index in [0.29, 0.717) is 16.9 Å². The largest absolute Gasteiger partial charge is 0.493 e. The molecule has 184 valence electrons. The van der Waals surface area contributed by atoms with E-state index in [4.69, 9.17) is 9.47 Å². The maximum atomic E-state index is 12.9. The minimum atomic E-state index is -0.477. The molecule has 0 saturated carbocycles. The van der Waals surface area contributed by atoms with Crippen molar-refractivity contribution in [3.63, 3.8) is 0 Å². The molecule has 5 aromatic rings. The van der Waals surface area contributed by atoms with E-state index >= 15 is 0 Å². The van der Waals surface area contributed by atoms with E-state index in [-0.39, 0.29) is 17.4 Å². The van der Waals surface area contributed by atoms with Crippen LogP contribution in [0.15, 0.2) is 94.4 Å². The normalized spacial score (nSPS) is 11.2. The lowest BCUT2D eigenvalue weighted by Gasteiger charge is -2.11. The molecule has 0 unspecified atom stereocenters. The fraction of sp³-hybridized carbons (Fsp3) is 0.0714. The number of hydrogen-bond acceptors (Lipinski definition) is 8. The first-order valence-electron chi connectivity index (χ1n) is 11.3. The summed E-state index contributed by atoms with van der Waals surface area (Å²) in [6.45, 7) is 0. The van der Waals surface area contributed by atoms with Gasteiger partial charge < -0.3 is 9.47 Å². The van der Waals surface area contributed by atoms with Gasteiger partial charge in [0.05, 0.1) is 34.9 Å². The number of fused-ring (bicyclic) bond motifs is 2. The number of hydrogen-bond donors (Lipinski definition) is 1. The van der Waals surface area contributed by atoms with Crippen molar-refractivity contribution in [3.8, 4) is 11.5 Å². The van der Waals surface area contributed by atoms with Crippen LogP contribution in [0.5, 0.6) is 11.5 Å². The summed E-state index contributed by atoms with van der Waals surface area (Å²) >= 11 is 2.92. The Bertz CT molecular complexity index is 1590. The van der Waals surface area contributed by atoms with Gasteiger partial charge in [0.2, 0.25) is 0 Å². The molecule has 0 aliphatic rings. The van der Waals surface area contributed by atoms with Gasteiger partial charge in [0.25, 0.3) is 5.91 Å². The van der Waals surface area contributed by atoms with Gasteiger partial charge in [0, 0.05) is 0 Å². The fourth-order valence-corrected chi connectivity index (χ4v) is 5.52. The van der Waals surface area contributed by atoms with E-state index in [1.54, 1.807) is 35.6 Å². The van der Waals surface area contributed by atoms with Gasteiger partial charge in [-0.05, 0) is 52.7 Å². The predicted octanol–water partition coefficient (Wildman–Crippen LogP) is 5.92. The van der Waals surface area contributed by atoms with Crippen molar-refractivity contribution in [1.29, 1.82) is 0 Å². The zero-order valence-corrected chi connectivity index (χ0v) is 21.3. The smallest absolute Gasteiger partial charge is 0.344 e. The number of thiazole rings is 1. The monoisotopic (exact) mass is 527 g/mol. The van der Waals surface area contributed by atoms with Crippen molar-refractivity contribution < 1.29 is 19.1 Å². The number of methoxy groups -OCH3 is 1. The van der Waals surface area contributed by atoms with E-state index in [2.05, 4.69) is 15.5 Å². The number of nitrogens with zero attached hydrogens (tertiary/aromatic N) is 2. The molecule has 7 nitrogen and oxygen atoms in total. The Morgan fingerprint density at radius 3 is 2.68 bits per heavy atom. The Hall–Kier alpha value is -4.21. The molecule has 0 aliphatic carbocycles. The van der Waals surface area contributed by atoms with Gasteiger partial charge in [0.15, 0.2) is 15.8 Å². The summed E-state index contributed by atoms with van der Waals surface area (Å²) in [7, 11) is 1.49. The first-order valence-corrected chi connectivity index (χ1v) is 13.1.